The van der Waals surface area contributed by atoms with Gasteiger partial charge in [-0.3, -0.25) is 4.79 Å². The number of likely N-dealkylation sites (tertiary alicyclic amines) is 1. The van der Waals surface area contributed by atoms with Crippen LogP contribution in [0.4, 0.5) is 0 Å². The van der Waals surface area contributed by atoms with E-state index in [1.54, 1.807) is 0 Å². The molecule has 0 bridgehead atoms. The van der Waals surface area contributed by atoms with Crippen LogP contribution in [0.5, 0.6) is 0 Å². The van der Waals surface area contributed by atoms with E-state index in [1.807, 2.05) is 0 Å². The maximum atomic E-state index is 12.4. The number of hydrogen-bond donors (Lipinski definition) is 2. The molecule has 0 aliphatic carbocycles. The molecule has 1 heterocycles. The third kappa shape index (κ3) is 3.93. The van der Waals surface area contributed by atoms with Gasteiger partial charge in [0.15, 0.2) is 0 Å². The average Bonchev–Trinajstić information content (AvgIpc) is 2.42. The van der Waals surface area contributed by atoms with Gasteiger partial charge in [0.25, 0.3) is 0 Å². The predicted molar refractivity (Wildman–Crippen MR) is 79.9 cm³/mol. The molecule has 0 unspecified atom stereocenters. The van der Waals surface area contributed by atoms with Crippen molar-refractivity contribution in [3.63, 3.8) is 0 Å². The van der Waals surface area contributed by atoms with Crippen molar-refractivity contribution in [1.29, 1.82) is 0 Å². The number of amides is 1. The minimum absolute atomic E-state index is 0.156. The number of nitrogens with zero attached hydrogens (tertiary/aromatic N) is 1. The standard InChI is InChI=1S/C15H31N3O/c1-5-15(6-2,11-16)14(19)17-13-7-9-18(10-8-13)12(3)4/h12-13H,5-11,16H2,1-4H3,(H,17,19). The molecule has 1 rings (SSSR count). The van der Waals surface area contributed by atoms with Gasteiger partial charge in [-0.15, -0.1) is 0 Å². The molecule has 1 aliphatic heterocycles. The zero-order valence-electron chi connectivity index (χ0n) is 13.0. The summed E-state index contributed by atoms with van der Waals surface area (Å²) in [5, 5.41) is 3.23. The van der Waals surface area contributed by atoms with Gasteiger partial charge in [-0.25, -0.2) is 0 Å². The Kier molecular flexibility index (Phi) is 6.27. The SMILES string of the molecule is CCC(CC)(CN)C(=O)NC1CCN(C(C)C)CC1. The highest BCUT2D eigenvalue weighted by Crippen LogP contribution is 2.26. The largest absolute Gasteiger partial charge is 0.353 e. The molecule has 1 amide bonds. The summed E-state index contributed by atoms with van der Waals surface area (Å²) in [6, 6.07) is 0.928. The van der Waals surface area contributed by atoms with Gasteiger partial charge >= 0.3 is 0 Å². The van der Waals surface area contributed by atoms with Gasteiger partial charge in [0.1, 0.15) is 0 Å². The zero-order chi connectivity index (χ0) is 14.5. The molecule has 1 saturated heterocycles. The molecule has 112 valence electrons. The van der Waals surface area contributed by atoms with Crippen molar-refractivity contribution < 1.29 is 4.79 Å². The fraction of sp³-hybridized carbons (Fsp3) is 0.933. The molecule has 0 atom stereocenters. The summed E-state index contributed by atoms with van der Waals surface area (Å²) in [4.78, 5) is 14.9. The number of nitrogens with two attached hydrogens (primary N) is 1. The number of carbonyl (C=O) groups is 1. The molecule has 0 aromatic heterocycles. The van der Waals surface area contributed by atoms with Gasteiger partial charge in [0, 0.05) is 31.7 Å². The monoisotopic (exact) mass is 269 g/mol. The molecule has 4 nitrogen and oxygen atoms in total. The lowest BCUT2D eigenvalue weighted by atomic mass is 9.81. The summed E-state index contributed by atoms with van der Waals surface area (Å²) >= 11 is 0. The van der Waals surface area contributed by atoms with E-state index < -0.39 is 0 Å². The van der Waals surface area contributed by atoms with Gasteiger partial charge in [0.2, 0.25) is 5.91 Å². The Labute approximate surface area is 118 Å². The normalized spacial score (nSPS) is 18.8. The number of hydrogen-bond acceptors (Lipinski definition) is 3. The predicted octanol–water partition coefficient (Wildman–Crippen LogP) is 1.74. The van der Waals surface area contributed by atoms with E-state index in [1.165, 1.54) is 0 Å². The third-order valence-corrected chi connectivity index (χ3v) is 4.82. The van der Waals surface area contributed by atoms with Crippen molar-refractivity contribution in [2.75, 3.05) is 19.6 Å². The Morgan fingerprint density at radius 3 is 2.21 bits per heavy atom. The first-order valence-corrected chi connectivity index (χ1v) is 7.74. The lowest BCUT2D eigenvalue weighted by molar-refractivity contribution is -0.132. The molecule has 0 aromatic rings. The molecular formula is C15H31N3O. The van der Waals surface area contributed by atoms with Crippen LogP contribution in [0.1, 0.15) is 53.4 Å². The first kappa shape index (κ1) is 16.4. The molecule has 0 aromatic carbocycles. The molecule has 0 radical (unpaired) electrons. The van der Waals surface area contributed by atoms with Crippen molar-refractivity contribution in [2.24, 2.45) is 11.1 Å². The molecular weight excluding hydrogens is 238 g/mol. The van der Waals surface area contributed by atoms with Crippen LogP contribution in [0.15, 0.2) is 0 Å². The van der Waals surface area contributed by atoms with Crippen LogP contribution >= 0.6 is 0 Å². The van der Waals surface area contributed by atoms with Crippen molar-refractivity contribution in [3.8, 4) is 0 Å². The van der Waals surface area contributed by atoms with Crippen LogP contribution in [-0.4, -0.2) is 42.5 Å². The van der Waals surface area contributed by atoms with Crippen LogP contribution < -0.4 is 11.1 Å². The second-order valence-electron chi connectivity index (χ2n) is 6.07. The summed E-state index contributed by atoms with van der Waals surface area (Å²) in [5.74, 6) is 0.156. The number of rotatable bonds is 6. The molecule has 3 N–H and O–H groups in total. The van der Waals surface area contributed by atoms with Crippen LogP contribution in [0, 0.1) is 5.41 Å². The van der Waals surface area contributed by atoms with Gasteiger partial charge < -0.3 is 16.0 Å². The molecule has 4 heteroatoms. The van der Waals surface area contributed by atoms with Crippen LogP contribution in [0.25, 0.3) is 0 Å². The van der Waals surface area contributed by atoms with E-state index in [9.17, 15) is 4.79 Å². The summed E-state index contributed by atoms with van der Waals surface area (Å²) in [6.07, 6.45) is 3.74. The highest BCUT2D eigenvalue weighted by atomic mass is 16.2. The Hall–Kier alpha value is -0.610. The summed E-state index contributed by atoms with van der Waals surface area (Å²) in [7, 11) is 0. The zero-order valence-corrected chi connectivity index (χ0v) is 13.0. The van der Waals surface area contributed by atoms with Crippen molar-refractivity contribution in [1.82, 2.24) is 10.2 Å². The average molecular weight is 269 g/mol. The van der Waals surface area contributed by atoms with Crippen LogP contribution in [0.3, 0.4) is 0 Å². The van der Waals surface area contributed by atoms with Gasteiger partial charge in [-0.1, -0.05) is 13.8 Å². The van der Waals surface area contributed by atoms with Gasteiger partial charge in [0.05, 0.1) is 5.41 Å². The van der Waals surface area contributed by atoms with E-state index >= 15 is 0 Å². The van der Waals surface area contributed by atoms with E-state index in [-0.39, 0.29) is 11.3 Å². The minimum atomic E-state index is -0.366. The van der Waals surface area contributed by atoms with Crippen LogP contribution in [0.2, 0.25) is 0 Å². The number of carbonyl (C=O) groups excluding carboxylic acids is 1. The highest BCUT2D eigenvalue weighted by Gasteiger charge is 2.35. The fourth-order valence-corrected chi connectivity index (χ4v) is 2.85. The smallest absolute Gasteiger partial charge is 0.227 e. The minimum Gasteiger partial charge on any atom is -0.353 e. The first-order valence-electron chi connectivity index (χ1n) is 7.74. The Bertz CT molecular complexity index is 271. The van der Waals surface area contributed by atoms with E-state index in [0.29, 0.717) is 18.6 Å². The Morgan fingerprint density at radius 1 is 1.32 bits per heavy atom. The van der Waals surface area contributed by atoms with Crippen molar-refractivity contribution >= 4 is 5.91 Å². The third-order valence-electron chi connectivity index (χ3n) is 4.82. The lowest BCUT2D eigenvalue weighted by Crippen LogP contribution is -2.52. The van der Waals surface area contributed by atoms with Crippen molar-refractivity contribution in [3.05, 3.63) is 0 Å². The topological polar surface area (TPSA) is 58.4 Å². The quantitative estimate of drug-likeness (QED) is 0.772. The number of nitrogens with one attached hydrogen (secondary N) is 1. The summed E-state index contributed by atoms with van der Waals surface area (Å²) in [5.41, 5.74) is 5.46. The van der Waals surface area contributed by atoms with E-state index in [2.05, 4.69) is 37.9 Å². The fourth-order valence-electron chi connectivity index (χ4n) is 2.85. The maximum absolute atomic E-state index is 12.4. The van der Waals surface area contributed by atoms with E-state index in [4.69, 9.17) is 5.73 Å². The molecule has 1 fully saturated rings. The second kappa shape index (κ2) is 7.25. The maximum Gasteiger partial charge on any atom is 0.227 e. The Morgan fingerprint density at radius 2 is 1.84 bits per heavy atom. The molecule has 1 aliphatic rings. The lowest BCUT2D eigenvalue weighted by Gasteiger charge is -2.37. The molecule has 19 heavy (non-hydrogen) atoms. The number of piperidine rings is 1. The highest BCUT2D eigenvalue weighted by molar-refractivity contribution is 5.83. The van der Waals surface area contributed by atoms with Gasteiger partial charge in [-0.2, -0.15) is 0 Å². The summed E-state index contributed by atoms with van der Waals surface area (Å²) in [6.45, 7) is 11.2. The van der Waals surface area contributed by atoms with Gasteiger partial charge in [-0.05, 0) is 39.5 Å². The first-order chi connectivity index (χ1) is 8.99. The van der Waals surface area contributed by atoms with E-state index in [0.717, 1.165) is 38.8 Å². The second-order valence-corrected chi connectivity index (χ2v) is 6.07. The molecule has 0 spiro atoms. The summed E-state index contributed by atoms with van der Waals surface area (Å²) < 4.78 is 0. The molecule has 0 saturated carbocycles. The van der Waals surface area contributed by atoms with Crippen molar-refractivity contribution in [2.45, 2.75) is 65.5 Å². The van der Waals surface area contributed by atoms with Crippen LogP contribution in [-0.2, 0) is 4.79 Å². The Balaban J connectivity index is 2.50.